The highest BCUT2D eigenvalue weighted by Crippen LogP contribution is 2.25. The highest BCUT2D eigenvalue weighted by Gasteiger charge is 2.22. The fraction of sp³-hybridized carbons (Fsp3) is 0.238. The summed E-state index contributed by atoms with van der Waals surface area (Å²) in [7, 11) is 0. The largest absolute Gasteiger partial charge is 0.323 e. The van der Waals surface area contributed by atoms with Gasteiger partial charge < -0.3 is 4.90 Å². The molecular formula is C21H20N6O2S2. The van der Waals surface area contributed by atoms with E-state index in [1.54, 1.807) is 21.6 Å². The fourth-order valence-electron chi connectivity index (χ4n) is 3.55. The molecule has 1 fully saturated rings. The van der Waals surface area contributed by atoms with E-state index in [0.29, 0.717) is 29.7 Å². The zero-order chi connectivity index (χ0) is 21.2. The molecule has 10 heteroatoms. The lowest BCUT2D eigenvalue weighted by Gasteiger charge is -2.34. The molecule has 4 heterocycles. The van der Waals surface area contributed by atoms with Gasteiger partial charge in [-0.25, -0.2) is 14.8 Å². The lowest BCUT2D eigenvalue weighted by atomic mass is 10.2. The van der Waals surface area contributed by atoms with Crippen molar-refractivity contribution in [2.24, 2.45) is 0 Å². The number of thiazole rings is 2. The van der Waals surface area contributed by atoms with Crippen LogP contribution in [0.25, 0.3) is 16.2 Å². The van der Waals surface area contributed by atoms with Gasteiger partial charge >= 0.3 is 6.03 Å². The lowest BCUT2D eigenvalue weighted by Crippen LogP contribution is -2.49. The van der Waals surface area contributed by atoms with Crippen molar-refractivity contribution >= 4 is 38.8 Å². The first-order chi connectivity index (χ1) is 15.2. The quantitative estimate of drug-likeness (QED) is 0.514. The smallest absolute Gasteiger partial charge is 0.322 e. The van der Waals surface area contributed by atoms with Crippen LogP contribution in [0.2, 0.25) is 0 Å². The summed E-state index contributed by atoms with van der Waals surface area (Å²) >= 11 is 2.87. The van der Waals surface area contributed by atoms with Crippen molar-refractivity contribution < 1.29 is 4.79 Å². The molecule has 0 atom stereocenters. The van der Waals surface area contributed by atoms with Crippen molar-refractivity contribution in [1.29, 1.82) is 0 Å². The molecule has 0 spiro atoms. The molecule has 1 aromatic carbocycles. The molecule has 4 aromatic rings. The zero-order valence-electron chi connectivity index (χ0n) is 16.6. The van der Waals surface area contributed by atoms with Gasteiger partial charge in [0.25, 0.3) is 5.56 Å². The minimum Gasteiger partial charge on any atom is -0.322 e. The lowest BCUT2D eigenvalue weighted by molar-refractivity contribution is 0.142. The Hall–Kier alpha value is -3.08. The van der Waals surface area contributed by atoms with Gasteiger partial charge in [-0.3, -0.25) is 19.4 Å². The number of hydrogen-bond donors (Lipinski definition) is 1. The Morgan fingerprint density at radius 1 is 1.06 bits per heavy atom. The SMILES string of the molecule is O=C(Nc1nc(-c2ccccc2)cs1)N1CCN(Cc2cc(=O)n3ccsc3n2)CC1. The van der Waals surface area contributed by atoms with Crippen LogP contribution >= 0.6 is 22.7 Å². The van der Waals surface area contributed by atoms with Gasteiger partial charge in [0, 0.05) is 61.3 Å². The molecule has 158 valence electrons. The number of benzene rings is 1. The van der Waals surface area contributed by atoms with Crippen molar-refractivity contribution in [2.45, 2.75) is 6.54 Å². The molecule has 0 unspecified atom stereocenters. The van der Waals surface area contributed by atoms with Crippen molar-refractivity contribution in [2.75, 3.05) is 31.5 Å². The monoisotopic (exact) mass is 452 g/mol. The van der Waals surface area contributed by atoms with Crippen LogP contribution in [0, 0.1) is 0 Å². The Morgan fingerprint density at radius 3 is 2.68 bits per heavy atom. The standard InChI is InChI=1S/C21H20N6O2S2/c28-18-12-16(22-21-27(18)10-11-30-21)13-25-6-8-26(9-7-25)20(29)24-19-23-17(14-31-19)15-4-2-1-3-5-15/h1-5,10-12,14H,6-9,13H2,(H,23,24,29). The fourth-order valence-corrected chi connectivity index (χ4v) is 5.00. The van der Waals surface area contributed by atoms with Gasteiger partial charge in [0.2, 0.25) is 0 Å². The predicted octanol–water partition coefficient (Wildman–Crippen LogP) is 3.23. The van der Waals surface area contributed by atoms with Crippen LogP contribution in [0.4, 0.5) is 9.93 Å². The summed E-state index contributed by atoms with van der Waals surface area (Å²) in [6.07, 6.45) is 1.74. The number of anilines is 1. The number of rotatable bonds is 4. The molecule has 0 radical (unpaired) electrons. The van der Waals surface area contributed by atoms with Crippen molar-refractivity contribution in [3.8, 4) is 11.3 Å². The molecule has 1 aliphatic heterocycles. The van der Waals surface area contributed by atoms with E-state index in [2.05, 4.69) is 20.2 Å². The minimum atomic E-state index is -0.134. The van der Waals surface area contributed by atoms with E-state index in [-0.39, 0.29) is 11.6 Å². The number of nitrogens with zero attached hydrogens (tertiary/aromatic N) is 5. The average molecular weight is 453 g/mol. The first kappa shape index (κ1) is 19.9. The van der Waals surface area contributed by atoms with Gasteiger partial charge in [0.05, 0.1) is 11.4 Å². The molecule has 0 saturated carbocycles. The Labute approximate surface area is 186 Å². The second kappa shape index (κ2) is 8.58. The molecule has 1 N–H and O–H groups in total. The Balaban J connectivity index is 1.16. The number of hydrogen-bond acceptors (Lipinski definition) is 7. The second-order valence-corrected chi connectivity index (χ2v) is 8.97. The maximum Gasteiger partial charge on any atom is 0.323 e. The van der Waals surface area contributed by atoms with Crippen LogP contribution in [-0.4, -0.2) is 56.4 Å². The number of nitrogens with one attached hydrogen (secondary N) is 1. The van der Waals surface area contributed by atoms with Gasteiger partial charge in [0.1, 0.15) is 0 Å². The van der Waals surface area contributed by atoms with E-state index in [1.807, 2.05) is 41.1 Å². The van der Waals surface area contributed by atoms with Crippen LogP contribution in [0.15, 0.2) is 58.1 Å². The molecule has 2 amide bonds. The highest BCUT2D eigenvalue weighted by atomic mass is 32.1. The molecule has 8 nitrogen and oxygen atoms in total. The number of urea groups is 1. The second-order valence-electron chi connectivity index (χ2n) is 7.24. The van der Waals surface area contributed by atoms with E-state index in [9.17, 15) is 9.59 Å². The number of carbonyl (C=O) groups is 1. The maximum atomic E-state index is 12.6. The molecule has 1 saturated heterocycles. The normalized spacial score (nSPS) is 14.8. The topological polar surface area (TPSA) is 82.8 Å². The summed E-state index contributed by atoms with van der Waals surface area (Å²) in [5.74, 6) is 0. The van der Waals surface area contributed by atoms with Crippen molar-refractivity contribution in [3.63, 3.8) is 0 Å². The van der Waals surface area contributed by atoms with E-state index >= 15 is 0 Å². The van der Waals surface area contributed by atoms with E-state index in [0.717, 1.165) is 30.0 Å². The summed E-state index contributed by atoms with van der Waals surface area (Å²) in [4.78, 5) is 38.6. The summed E-state index contributed by atoms with van der Waals surface area (Å²) < 4.78 is 1.55. The summed E-state index contributed by atoms with van der Waals surface area (Å²) in [5, 5.41) is 7.31. The summed E-state index contributed by atoms with van der Waals surface area (Å²) in [6, 6.07) is 11.4. The number of aromatic nitrogens is 3. The van der Waals surface area contributed by atoms with Gasteiger partial charge in [-0.15, -0.1) is 22.7 Å². The van der Waals surface area contributed by atoms with Crippen molar-refractivity contribution in [1.82, 2.24) is 24.2 Å². The minimum absolute atomic E-state index is 0.0578. The first-order valence-electron chi connectivity index (χ1n) is 9.91. The van der Waals surface area contributed by atoms with Crippen LogP contribution in [0.1, 0.15) is 5.69 Å². The van der Waals surface area contributed by atoms with Crippen molar-refractivity contribution in [3.05, 3.63) is 69.4 Å². The molecule has 31 heavy (non-hydrogen) atoms. The van der Waals surface area contributed by atoms with Crippen LogP contribution < -0.4 is 10.9 Å². The third-order valence-corrected chi connectivity index (χ3v) is 6.70. The molecule has 0 bridgehead atoms. The zero-order valence-corrected chi connectivity index (χ0v) is 18.2. The van der Waals surface area contributed by atoms with Gasteiger partial charge in [-0.2, -0.15) is 0 Å². The molecule has 5 rings (SSSR count). The van der Waals surface area contributed by atoms with Crippen LogP contribution in [0.3, 0.4) is 0 Å². The third-order valence-electron chi connectivity index (χ3n) is 5.19. The number of amides is 2. The first-order valence-corrected chi connectivity index (χ1v) is 11.7. The van der Waals surface area contributed by atoms with E-state index < -0.39 is 0 Å². The van der Waals surface area contributed by atoms with E-state index in [4.69, 9.17) is 0 Å². The number of carbonyl (C=O) groups excluding carboxylic acids is 1. The molecule has 0 aliphatic carbocycles. The molecule has 1 aliphatic rings. The predicted molar refractivity (Wildman–Crippen MR) is 123 cm³/mol. The van der Waals surface area contributed by atoms with E-state index in [1.165, 1.54) is 22.7 Å². The number of fused-ring (bicyclic) bond motifs is 1. The maximum absolute atomic E-state index is 12.6. The van der Waals surface area contributed by atoms with Crippen LogP contribution in [0.5, 0.6) is 0 Å². The van der Waals surface area contributed by atoms with Crippen LogP contribution in [-0.2, 0) is 6.54 Å². The Morgan fingerprint density at radius 2 is 1.87 bits per heavy atom. The summed E-state index contributed by atoms with van der Waals surface area (Å²) in [5.41, 5.74) is 2.60. The number of piperazine rings is 1. The molecular weight excluding hydrogens is 432 g/mol. The highest BCUT2D eigenvalue weighted by molar-refractivity contribution is 7.15. The molecule has 3 aromatic heterocycles. The summed E-state index contributed by atoms with van der Waals surface area (Å²) in [6.45, 7) is 3.29. The Kier molecular flexibility index (Phi) is 5.49. The van der Waals surface area contributed by atoms with Gasteiger partial charge in [-0.05, 0) is 0 Å². The van der Waals surface area contributed by atoms with Gasteiger partial charge in [-0.1, -0.05) is 30.3 Å². The Bertz CT molecular complexity index is 1260. The average Bonchev–Trinajstić information content (AvgIpc) is 3.45. The van der Waals surface area contributed by atoms with Gasteiger partial charge in [0.15, 0.2) is 10.1 Å². The third kappa shape index (κ3) is 4.36.